The van der Waals surface area contributed by atoms with E-state index >= 15 is 0 Å². The topological polar surface area (TPSA) is 35.5 Å². The number of benzene rings is 1. The fraction of sp³-hybridized carbons (Fsp3) is 0.562. The third kappa shape index (κ3) is 3.57. The Hall–Kier alpha value is -1.35. The van der Waals surface area contributed by atoms with Crippen LogP contribution in [0, 0.1) is 0 Å². The number of carbonyl (C=O) groups excluding carboxylic acids is 1. The number of hydrogen-bond donors (Lipinski definition) is 0. The van der Waals surface area contributed by atoms with E-state index in [0.29, 0.717) is 17.9 Å². The van der Waals surface area contributed by atoms with E-state index in [4.69, 9.17) is 9.47 Å². The first-order chi connectivity index (χ1) is 9.00. The molecule has 1 heterocycles. The molecule has 104 valence electrons. The first-order valence-corrected chi connectivity index (χ1v) is 6.85. The van der Waals surface area contributed by atoms with Gasteiger partial charge in [0.15, 0.2) is 6.29 Å². The number of carbonyl (C=O) groups is 1. The molecule has 0 amide bonds. The summed E-state index contributed by atoms with van der Waals surface area (Å²) in [5.41, 5.74) is 1.79. The van der Waals surface area contributed by atoms with E-state index in [1.807, 2.05) is 18.2 Å². The van der Waals surface area contributed by atoms with E-state index in [1.165, 1.54) is 0 Å². The smallest absolute Gasteiger partial charge is 0.153 e. The minimum Gasteiger partial charge on any atom is -0.490 e. The van der Waals surface area contributed by atoms with E-state index in [-0.39, 0.29) is 11.5 Å². The molecule has 1 fully saturated rings. The third-order valence-corrected chi connectivity index (χ3v) is 3.45. The number of hydrogen-bond acceptors (Lipinski definition) is 3. The molecule has 1 atom stereocenters. The quantitative estimate of drug-likeness (QED) is 0.781. The van der Waals surface area contributed by atoms with Crippen LogP contribution in [0.5, 0.6) is 5.75 Å². The monoisotopic (exact) mass is 262 g/mol. The van der Waals surface area contributed by atoms with Gasteiger partial charge < -0.3 is 9.47 Å². The van der Waals surface area contributed by atoms with Crippen molar-refractivity contribution in [2.45, 2.75) is 45.1 Å². The van der Waals surface area contributed by atoms with Crippen LogP contribution in [-0.4, -0.2) is 25.6 Å². The molecule has 0 aliphatic carbocycles. The molecule has 1 unspecified atom stereocenters. The minimum absolute atomic E-state index is 0.0326. The van der Waals surface area contributed by atoms with Crippen LogP contribution in [0.25, 0.3) is 0 Å². The molecule has 1 saturated heterocycles. The lowest BCUT2D eigenvalue weighted by Crippen LogP contribution is -2.17. The SMILES string of the molecule is CC(C)(C)c1ccc(OCC2CCCO2)c(C=O)c1. The maximum absolute atomic E-state index is 11.2. The van der Waals surface area contributed by atoms with Crippen molar-refractivity contribution in [1.82, 2.24) is 0 Å². The summed E-state index contributed by atoms with van der Waals surface area (Å²) in [6.45, 7) is 7.73. The average molecular weight is 262 g/mol. The lowest BCUT2D eigenvalue weighted by atomic mass is 9.86. The lowest BCUT2D eigenvalue weighted by molar-refractivity contribution is 0.0675. The van der Waals surface area contributed by atoms with E-state index in [9.17, 15) is 4.79 Å². The van der Waals surface area contributed by atoms with Crippen molar-refractivity contribution >= 4 is 6.29 Å². The number of ether oxygens (including phenoxy) is 2. The summed E-state index contributed by atoms with van der Waals surface area (Å²) in [6, 6.07) is 5.83. The molecule has 0 saturated carbocycles. The van der Waals surface area contributed by atoms with Gasteiger partial charge in [-0.15, -0.1) is 0 Å². The van der Waals surface area contributed by atoms with Crippen molar-refractivity contribution in [3.05, 3.63) is 29.3 Å². The second kappa shape index (κ2) is 5.74. The van der Waals surface area contributed by atoms with Gasteiger partial charge in [0.2, 0.25) is 0 Å². The van der Waals surface area contributed by atoms with Crippen LogP contribution < -0.4 is 4.74 Å². The molecule has 0 radical (unpaired) electrons. The Balaban J connectivity index is 2.09. The fourth-order valence-corrected chi connectivity index (χ4v) is 2.20. The second-order valence-corrected chi connectivity index (χ2v) is 6.07. The van der Waals surface area contributed by atoms with Crippen LogP contribution in [-0.2, 0) is 10.2 Å². The summed E-state index contributed by atoms with van der Waals surface area (Å²) in [6.07, 6.45) is 3.16. The maximum Gasteiger partial charge on any atom is 0.153 e. The van der Waals surface area contributed by atoms with Gasteiger partial charge >= 0.3 is 0 Å². The van der Waals surface area contributed by atoms with Crippen LogP contribution in [0.4, 0.5) is 0 Å². The predicted octanol–water partition coefficient (Wildman–Crippen LogP) is 3.35. The zero-order valence-electron chi connectivity index (χ0n) is 11.9. The highest BCUT2D eigenvalue weighted by molar-refractivity contribution is 5.79. The summed E-state index contributed by atoms with van der Waals surface area (Å²) in [7, 11) is 0. The van der Waals surface area contributed by atoms with Gasteiger partial charge in [-0.2, -0.15) is 0 Å². The largest absolute Gasteiger partial charge is 0.490 e. The number of aldehydes is 1. The predicted molar refractivity (Wildman–Crippen MR) is 75.0 cm³/mol. The Morgan fingerprint density at radius 2 is 2.21 bits per heavy atom. The van der Waals surface area contributed by atoms with Gasteiger partial charge in [-0.25, -0.2) is 0 Å². The molecule has 1 aromatic carbocycles. The van der Waals surface area contributed by atoms with Gasteiger partial charge in [0.1, 0.15) is 12.4 Å². The molecule has 0 spiro atoms. The molecular formula is C16H22O3. The van der Waals surface area contributed by atoms with Crippen LogP contribution in [0.2, 0.25) is 0 Å². The minimum atomic E-state index is 0.0326. The first-order valence-electron chi connectivity index (χ1n) is 6.85. The van der Waals surface area contributed by atoms with Gasteiger partial charge in [0.05, 0.1) is 11.7 Å². The van der Waals surface area contributed by atoms with Crippen molar-refractivity contribution in [3.63, 3.8) is 0 Å². The Kier molecular flexibility index (Phi) is 4.25. The molecule has 3 nitrogen and oxygen atoms in total. The summed E-state index contributed by atoms with van der Waals surface area (Å²) in [4.78, 5) is 11.2. The fourth-order valence-electron chi connectivity index (χ4n) is 2.20. The Morgan fingerprint density at radius 1 is 1.42 bits per heavy atom. The van der Waals surface area contributed by atoms with Crippen molar-refractivity contribution in [1.29, 1.82) is 0 Å². The van der Waals surface area contributed by atoms with Crippen molar-refractivity contribution in [2.75, 3.05) is 13.2 Å². The van der Waals surface area contributed by atoms with Crippen molar-refractivity contribution < 1.29 is 14.3 Å². The molecule has 19 heavy (non-hydrogen) atoms. The summed E-state index contributed by atoms with van der Waals surface area (Å²) < 4.78 is 11.2. The highest BCUT2D eigenvalue weighted by Crippen LogP contribution is 2.27. The molecular weight excluding hydrogens is 240 g/mol. The first kappa shape index (κ1) is 14.1. The van der Waals surface area contributed by atoms with Crippen molar-refractivity contribution in [3.8, 4) is 5.75 Å². The molecule has 1 aliphatic rings. The summed E-state index contributed by atoms with van der Waals surface area (Å²) in [5.74, 6) is 0.651. The van der Waals surface area contributed by atoms with Gasteiger partial charge in [0.25, 0.3) is 0 Å². The van der Waals surface area contributed by atoms with E-state index in [1.54, 1.807) is 0 Å². The average Bonchev–Trinajstić information content (AvgIpc) is 2.88. The molecule has 0 bridgehead atoms. The second-order valence-electron chi connectivity index (χ2n) is 6.07. The molecule has 2 rings (SSSR count). The third-order valence-electron chi connectivity index (χ3n) is 3.45. The Labute approximate surface area is 114 Å². The summed E-state index contributed by atoms with van der Waals surface area (Å²) >= 11 is 0. The van der Waals surface area contributed by atoms with Gasteiger partial charge in [-0.3, -0.25) is 4.79 Å². The van der Waals surface area contributed by atoms with Crippen LogP contribution in [0.1, 0.15) is 49.5 Å². The molecule has 1 aliphatic heterocycles. The molecule has 0 aromatic heterocycles. The zero-order chi connectivity index (χ0) is 13.9. The highest BCUT2D eigenvalue weighted by atomic mass is 16.5. The van der Waals surface area contributed by atoms with E-state index in [0.717, 1.165) is 31.3 Å². The zero-order valence-corrected chi connectivity index (χ0v) is 11.9. The Morgan fingerprint density at radius 3 is 2.79 bits per heavy atom. The standard InChI is InChI=1S/C16H22O3/c1-16(2,3)13-6-7-15(12(9-13)10-17)19-11-14-5-4-8-18-14/h6-7,9-10,14H,4-5,8,11H2,1-3H3. The highest BCUT2D eigenvalue weighted by Gasteiger charge is 2.18. The molecule has 1 aromatic rings. The maximum atomic E-state index is 11.2. The van der Waals surface area contributed by atoms with E-state index < -0.39 is 0 Å². The van der Waals surface area contributed by atoms with Crippen molar-refractivity contribution in [2.24, 2.45) is 0 Å². The number of rotatable bonds is 4. The lowest BCUT2D eigenvalue weighted by Gasteiger charge is -2.20. The van der Waals surface area contributed by atoms with Crippen LogP contribution in [0.15, 0.2) is 18.2 Å². The van der Waals surface area contributed by atoms with Crippen LogP contribution in [0.3, 0.4) is 0 Å². The molecule has 3 heteroatoms. The van der Waals surface area contributed by atoms with Gasteiger partial charge in [-0.1, -0.05) is 26.8 Å². The summed E-state index contributed by atoms with van der Waals surface area (Å²) in [5, 5.41) is 0. The Bertz CT molecular complexity index is 440. The van der Waals surface area contributed by atoms with Gasteiger partial charge in [0, 0.05) is 6.61 Å². The van der Waals surface area contributed by atoms with Crippen LogP contribution >= 0.6 is 0 Å². The van der Waals surface area contributed by atoms with E-state index in [2.05, 4.69) is 20.8 Å². The molecule has 0 N–H and O–H groups in total. The van der Waals surface area contributed by atoms with Gasteiger partial charge in [-0.05, 0) is 36.0 Å². The normalized spacial score (nSPS) is 19.4.